The van der Waals surface area contributed by atoms with Crippen molar-refractivity contribution in [2.45, 2.75) is 19.6 Å². The zero-order chi connectivity index (χ0) is 13.2. The van der Waals surface area contributed by atoms with E-state index < -0.39 is 0 Å². The number of rotatable bonds is 2. The third-order valence-corrected chi connectivity index (χ3v) is 3.30. The molecule has 6 nitrogen and oxygen atoms in total. The van der Waals surface area contributed by atoms with Gasteiger partial charge in [-0.05, 0) is 12.1 Å². The smallest absolute Gasteiger partial charge is 0.254 e. The van der Waals surface area contributed by atoms with Crippen molar-refractivity contribution in [3.8, 4) is 0 Å². The van der Waals surface area contributed by atoms with Gasteiger partial charge in [-0.3, -0.25) is 9.78 Å². The minimum atomic E-state index is 0.00588. The van der Waals surface area contributed by atoms with Gasteiger partial charge >= 0.3 is 0 Å². The summed E-state index contributed by atoms with van der Waals surface area (Å²) >= 11 is 0. The minimum Gasteiger partial charge on any atom is -0.332 e. The molecule has 0 spiro atoms. The van der Waals surface area contributed by atoms with E-state index >= 15 is 0 Å². The molecular formula is C13H15N5O. The molecule has 2 N–H and O–H groups in total. The van der Waals surface area contributed by atoms with Crippen molar-refractivity contribution in [2.24, 2.45) is 5.73 Å². The SMILES string of the molecule is NCc1cc(C(=O)N2CCn3ccnc3C2)ccn1. The summed E-state index contributed by atoms with van der Waals surface area (Å²) in [5.74, 6) is 0.930. The van der Waals surface area contributed by atoms with Gasteiger partial charge in [0.15, 0.2) is 0 Å². The molecule has 0 fully saturated rings. The lowest BCUT2D eigenvalue weighted by atomic mass is 10.2. The summed E-state index contributed by atoms with van der Waals surface area (Å²) in [5, 5.41) is 0. The normalized spacial score (nSPS) is 14.3. The van der Waals surface area contributed by atoms with Crippen LogP contribution in [0.3, 0.4) is 0 Å². The molecule has 3 rings (SSSR count). The van der Waals surface area contributed by atoms with Gasteiger partial charge in [0.1, 0.15) is 5.82 Å². The van der Waals surface area contributed by atoms with Crippen molar-refractivity contribution >= 4 is 5.91 Å². The van der Waals surface area contributed by atoms with Crippen molar-refractivity contribution in [1.82, 2.24) is 19.4 Å². The summed E-state index contributed by atoms with van der Waals surface area (Å²) in [4.78, 5) is 22.6. The van der Waals surface area contributed by atoms with Crippen molar-refractivity contribution < 1.29 is 4.79 Å². The summed E-state index contributed by atoms with van der Waals surface area (Å²) in [6, 6.07) is 3.48. The zero-order valence-electron chi connectivity index (χ0n) is 10.5. The number of fused-ring (bicyclic) bond motifs is 1. The molecular weight excluding hydrogens is 242 g/mol. The van der Waals surface area contributed by atoms with Gasteiger partial charge in [-0.25, -0.2) is 4.98 Å². The minimum absolute atomic E-state index is 0.00588. The van der Waals surface area contributed by atoms with Crippen LogP contribution in [-0.2, 0) is 19.6 Å². The third kappa shape index (κ3) is 2.22. The van der Waals surface area contributed by atoms with Crippen LogP contribution in [0.1, 0.15) is 21.9 Å². The molecule has 98 valence electrons. The molecule has 6 heteroatoms. The molecule has 0 unspecified atom stereocenters. The summed E-state index contributed by atoms with van der Waals surface area (Å²) in [6.45, 7) is 2.37. The summed E-state index contributed by atoms with van der Waals surface area (Å²) in [6.07, 6.45) is 5.33. The van der Waals surface area contributed by atoms with Crippen molar-refractivity contribution in [3.05, 3.63) is 47.8 Å². The Hall–Kier alpha value is -2.21. The average molecular weight is 257 g/mol. The highest BCUT2D eigenvalue weighted by molar-refractivity contribution is 5.94. The Morgan fingerprint density at radius 3 is 3.05 bits per heavy atom. The number of carbonyl (C=O) groups excluding carboxylic acids is 1. The van der Waals surface area contributed by atoms with Crippen LogP contribution in [0.15, 0.2) is 30.7 Å². The maximum atomic E-state index is 12.4. The highest BCUT2D eigenvalue weighted by Gasteiger charge is 2.22. The van der Waals surface area contributed by atoms with Gasteiger partial charge in [0.2, 0.25) is 0 Å². The van der Waals surface area contributed by atoms with Crippen LogP contribution in [0.4, 0.5) is 0 Å². The van der Waals surface area contributed by atoms with Crippen molar-refractivity contribution in [3.63, 3.8) is 0 Å². The number of hydrogen-bond acceptors (Lipinski definition) is 4. The second-order valence-corrected chi connectivity index (χ2v) is 4.50. The largest absolute Gasteiger partial charge is 0.332 e. The standard InChI is InChI=1S/C13H15N5O/c14-8-11-7-10(1-2-15-11)13(19)18-6-5-17-4-3-16-12(17)9-18/h1-4,7H,5-6,8-9,14H2. The van der Waals surface area contributed by atoms with E-state index in [2.05, 4.69) is 14.5 Å². The van der Waals surface area contributed by atoms with E-state index in [1.165, 1.54) is 0 Å². The van der Waals surface area contributed by atoms with Gasteiger partial charge in [0, 0.05) is 43.8 Å². The Kier molecular flexibility index (Phi) is 3.00. The number of hydrogen-bond donors (Lipinski definition) is 1. The average Bonchev–Trinajstić information content (AvgIpc) is 2.94. The van der Waals surface area contributed by atoms with Crippen LogP contribution < -0.4 is 5.73 Å². The fraction of sp³-hybridized carbons (Fsp3) is 0.308. The Morgan fingerprint density at radius 1 is 1.32 bits per heavy atom. The van der Waals surface area contributed by atoms with Gasteiger partial charge in [0.05, 0.1) is 12.2 Å². The van der Waals surface area contributed by atoms with E-state index in [4.69, 9.17) is 5.73 Å². The molecule has 0 bridgehead atoms. The Balaban J connectivity index is 1.81. The predicted molar refractivity (Wildman–Crippen MR) is 69.1 cm³/mol. The van der Waals surface area contributed by atoms with E-state index in [0.29, 0.717) is 25.2 Å². The number of nitrogens with two attached hydrogens (primary N) is 1. The summed E-state index contributed by atoms with van der Waals surface area (Å²) in [5.41, 5.74) is 6.91. The topological polar surface area (TPSA) is 77.0 Å². The Labute approximate surface area is 110 Å². The first-order chi connectivity index (χ1) is 9.28. The predicted octanol–water partition coefficient (Wildman–Crippen LogP) is 0.393. The molecule has 0 saturated heterocycles. The molecule has 1 aliphatic heterocycles. The molecule has 2 aromatic rings. The molecule has 0 aromatic carbocycles. The molecule has 3 heterocycles. The molecule has 19 heavy (non-hydrogen) atoms. The van der Waals surface area contributed by atoms with Crippen LogP contribution >= 0.6 is 0 Å². The van der Waals surface area contributed by atoms with Gasteiger partial charge < -0.3 is 15.2 Å². The van der Waals surface area contributed by atoms with Gasteiger partial charge in [0.25, 0.3) is 5.91 Å². The number of amides is 1. The van der Waals surface area contributed by atoms with E-state index in [9.17, 15) is 4.79 Å². The zero-order valence-corrected chi connectivity index (χ0v) is 10.5. The highest BCUT2D eigenvalue weighted by atomic mass is 16.2. The summed E-state index contributed by atoms with van der Waals surface area (Å²) < 4.78 is 2.07. The fourth-order valence-electron chi connectivity index (χ4n) is 2.25. The number of pyridine rings is 1. The first kappa shape index (κ1) is 11.9. The molecule has 1 amide bonds. The van der Waals surface area contributed by atoms with Gasteiger partial charge in [-0.15, -0.1) is 0 Å². The Morgan fingerprint density at radius 2 is 2.21 bits per heavy atom. The molecule has 2 aromatic heterocycles. The van der Waals surface area contributed by atoms with Crippen molar-refractivity contribution in [1.29, 1.82) is 0 Å². The molecule has 0 radical (unpaired) electrons. The van der Waals surface area contributed by atoms with Crippen LogP contribution in [0.2, 0.25) is 0 Å². The highest BCUT2D eigenvalue weighted by Crippen LogP contribution is 2.14. The van der Waals surface area contributed by atoms with Crippen LogP contribution in [0.25, 0.3) is 0 Å². The maximum absolute atomic E-state index is 12.4. The molecule has 0 atom stereocenters. The lowest BCUT2D eigenvalue weighted by Crippen LogP contribution is -2.38. The molecule has 0 saturated carbocycles. The maximum Gasteiger partial charge on any atom is 0.254 e. The third-order valence-electron chi connectivity index (χ3n) is 3.30. The molecule has 0 aliphatic carbocycles. The lowest BCUT2D eigenvalue weighted by molar-refractivity contribution is 0.0707. The first-order valence-corrected chi connectivity index (χ1v) is 6.22. The van der Waals surface area contributed by atoms with E-state index in [1.807, 2.05) is 6.20 Å². The van der Waals surface area contributed by atoms with Gasteiger partial charge in [-0.1, -0.05) is 0 Å². The summed E-state index contributed by atoms with van der Waals surface area (Å²) in [7, 11) is 0. The first-order valence-electron chi connectivity index (χ1n) is 6.22. The molecule has 1 aliphatic rings. The van der Waals surface area contributed by atoms with Crippen LogP contribution in [-0.4, -0.2) is 31.9 Å². The second-order valence-electron chi connectivity index (χ2n) is 4.50. The monoisotopic (exact) mass is 257 g/mol. The number of nitrogens with zero attached hydrogens (tertiary/aromatic N) is 4. The van der Waals surface area contributed by atoms with E-state index in [0.717, 1.165) is 18.1 Å². The second kappa shape index (κ2) is 4.81. The van der Waals surface area contributed by atoms with Gasteiger partial charge in [-0.2, -0.15) is 0 Å². The van der Waals surface area contributed by atoms with Crippen LogP contribution in [0, 0.1) is 0 Å². The number of imidazole rings is 1. The van der Waals surface area contributed by atoms with E-state index in [-0.39, 0.29) is 5.91 Å². The number of aromatic nitrogens is 3. The Bertz CT molecular complexity index is 607. The fourth-order valence-corrected chi connectivity index (χ4v) is 2.25. The quantitative estimate of drug-likeness (QED) is 0.844. The number of carbonyl (C=O) groups is 1. The van der Waals surface area contributed by atoms with Crippen LogP contribution in [0.5, 0.6) is 0 Å². The van der Waals surface area contributed by atoms with E-state index in [1.54, 1.807) is 29.4 Å². The van der Waals surface area contributed by atoms with Crippen molar-refractivity contribution in [2.75, 3.05) is 6.54 Å². The lowest BCUT2D eigenvalue weighted by Gasteiger charge is -2.27.